The quantitative estimate of drug-likeness (QED) is 0.656. The number of aromatic nitrogens is 2. The Morgan fingerprint density at radius 1 is 1.36 bits per heavy atom. The molecule has 0 radical (unpaired) electrons. The smallest absolute Gasteiger partial charge is 0.413 e. The number of nitro groups is 1. The first-order chi connectivity index (χ1) is 10.1. The lowest BCUT2D eigenvalue weighted by Crippen LogP contribution is -2.28. The number of hydrogen-bond donors (Lipinski definition) is 1. The Kier molecular flexibility index (Phi) is 5.61. The summed E-state index contributed by atoms with van der Waals surface area (Å²) in [6, 6.07) is -0.0315. The SMILES string of the molecule is CCCOc1nc(C)c([N+](=O)[O-])c(NC(=O)OC(C)(C)C)n1. The van der Waals surface area contributed by atoms with Crippen LogP contribution in [0.5, 0.6) is 6.01 Å². The van der Waals surface area contributed by atoms with Crippen LogP contribution in [0.25, 0.3) is 0 Å². The topological polar surface area (TPSA) is 116 Å². The number of carbonyl (C=O) groups is 1. The van der Waals surface area contributed by atoms with E-state index in [0.717, 1.165) is 6.42 Å². The van der Waals surface area contributed by atoms with Crippen molar-refractivity contribution in [2.45, 2.75) is 46.6 Å². The highest BCUT2D eigenvalue weighted by atomic mass is 16.6. The molecule has 0 bridgehead atoms. The van der Waals surface area contributed by atoms with E-state index in [1.165, 1.54) is 6.92 Å². The molecule has 0 unspecified atom stereocenters. The Bertz CT molecular complexity index is 568. The summed E-state index contributed by atoms with van der Waals surface area (Å²) in [5.74, 6) is -0.252. The van der Waals surface area contributed by atoms with Crippen LogP contribution in [0.3, 0.4) is 0 Å². The number of ether oxygens (including phenoxy) is 2. The summed E-state index contributed by atoms with van der Waals surface area (Å²) < 4.78 is 10.3. The summed E-state index contributed by atoms with van der Waals surface area (Å²) in [4.78, 5) is 30.0. The van der Waals surface area contributed by atoms with Crippen LogP contribution < -0.4 is 10.1 Å². The van der Waals surface area contributed by atoms with Crippen LogP contribution in [-0.4, -0.2) is 33.2 Å². The molecule has 1 rings (SSSR count). The van der Waals surface area contributed by atoms with E-state index in [2.05, 4.69) is 15.3 Å². The third-order valence-corrected chi connectivity index (χ3v) is 2.28. The summed E-state index contributed by atoms with van der Waals surface area (Å²) in [6.07, 6.45) is -0.107. The first kappa shape index (κ1) is 17.6. The van der Waals surface area contributed by atoms with Gasteiger partial charge in [0.2, 0.25) is 5.82 Å². The van der Waals surface area contributed by atoms with Crippen molar-refractivity contribution in [1.82, 2.24) is 9.97 Å². The van der Waals surface area contributed by atoms with Gasteiger partial charge < -0.3 is 9.47 Å². The van der Waals surface area contributed by atoms with Crippen molar-refractivity contribution < 1.29 is 19.2 Å². The lowest BCUT2D eigenvalue weighted by Gasteiger charge is -2.19. The van der Waals surface area contributed by atoms with Crippen LogP contribution in [0.4, 0.5) is 16.3 Å². The average Bonchev–Trinajstić information content (AvgIpc) is 2.32. The number of anilines is 1. The molecular weight excluding hydrogens is 292 g/mol. The Labute approximate surface area is 128 Å². The van der Waals surface area contributed by atoms with E-state index in [-0.39, 0.29) is 17.5 Å². The highest BCUT2D eigenvalue weighted by molar-refractivity contribution is 5.86. The molecule has 22 heavy (non-hydrogen) atoms. The molecule has 9 heteroatoms. The van der Waals surface area contributed by atoms with E-state index in [1.807, 2.05) is 6.92 Å². The van der Waals surface area contributed by atoms with Crippen LogP contribution in [0.2, 0.25) is 0 Å². The summed E-state index contributed by atoms with van der Waals surface area (Å²) in [5, 5.41) is 13.4. The van der Waals surface area contributed by atoms with Crippen LogP contribution in [0.15, 0.2) is 0 Å². The molecule has 0 fully saturated rings. The van der Waals surface area contributed by atoms with Gasteiger partial charge in [-0.25, -0.2) is 4.79 Å². The first-order valence-corrected chi connectivity index (χ1v) is 6.80. The van der Waals surface area contributed by atoms with Gasteiger partial charge in [0.25, 0.3) is 0 Å². The molecule has 0 atom stereocenters. The molecule has 1 amide bonds. The minimum Gasteiger partial charge on any atom is -0.463 e. The van der Waals surface area contributed by atoms with Gasteiger partial charge in [-0.3, -0.25) is 15.4 Å². The van der Waals surface area contributed by atoms with E-state index < -0.39 is 22.3 Å². The summed E-state index contributed by atoms with van der Waals surface area (Å²) in [6.45, 7) is 8.76. The molecule has 0 saturated carbocycles. The monoisotopic (exact) mass is 312 g/mol. The van der Waals surface area contributed by atoms with E-state index in [0.29, 0.717) is 6.61 Å². The van der Waals surface area contributed by atoms with Gasteiger partial charge in [-0.2, -0.15) is 9.97 Å². The molecule has 1 aromatic heterocycles. The zero-order chi connectivity index (χ0) is 16.9. The highest BCUT2D eigenvalue weighted by Gasteiger charge is 2.26. The first-order valence-electron chi connectivity index (χ1n) is 6.80. The van der Waals surface area contributed by atoms with E-state index in [9.17, 15) is 14.9 Å². The average molecular weight is 312 g/mol. The number of nitrogens with zero attached hydrogens (tertiary/aromatic N) is 3. The van der Waals surface area contributed by atoms with Crippen molar-refractivity contribution in [3.8, 4) is 6.01 Å². The zero-order valence-electron chi connectivity index (χ0n) is 13.3. The lowest BCUT2D eigenvalue weighted by molar-refractivity contribution is -0.385. The number of rotatable bonds is 5. The molecule has 0 spiro atoms. The molecule has 1 heterocycles. The van der Waals surface area contributed by atoms with Gasteiger partial charge in [-0.15, -0.1) is 0 Å². The number of aryl methyl sites for hydroxylation is 1. The second-order valence-electron chi connectivity index (χ2n) is 5.52. The second-order valence-corrected chi connectivity index (χ2v) is 5.52. The molecule has 0 aliphatic carbocycles. The van der Waals surface area contributed by atoms with Gasteiger partial charge in [0.15, 0.2) is 0 Å². The largest absolute Gasteiger partial charge is 0.463 e. The minimum absolute atomic E-state index is 0.0315. The Morgan fingerprint density at radius 3 is 2.50 bits per heavy atom. The highest BCUT2D eigenvalue weighted by Crippen LogP contribution is 2.27. The zero-order valence-corrected chi connectivity index (χ0v) is 13.3. The van der Waals surface area contributed by atoms with Gasteiger partial charge in [0.05, 0.1) is 11.5 Å². The van der Waals surface area contributed by atoms with Gasteiger partial charge in [-0.1, -0.05) is 6.92 Å². The summed E-state index contributed by atoms with van der Waals surface area (Å²) in [5.41, 5.74) is -1.03. The van der Waals surface area contributed by atoms with Crippen LogP contribution >= 0.6 is 0 Å². The van der Waals surface area contributed by atoms with Gasteiger partial charge >= 0.3 is 17.8 Å². The molecule has 0 aliphatic heterocycles. The second kappa shape index (κ2) is 7.01. The molecular formula is C13H20N4O5. The fourth-order valence-electron chi connectivity index (χ4n) is 1.51. The molecule has 9 nitrogen and oxygen atoms in total. The van der Waals surface area contributed by atoms with Crippen LogP contribution in [0.1, 0.15) is 39.8 Å². The fourth-order valence-corrected chi connectivity index (χ4v) is 1.51. The normalized spacial score (nSPS) is 11.0. The lowest BCUT2D eigenvalue weighted by atomic mass is 10.2. The van der Waals surface area contributed by atoms with Gasteiger partial charge in [0, 0.05) is 0 Å². The Balaban J connectivity index is 3.10. The number of carbonyl (C=O) groups excluding carboxylic acids is 1. The molecule has 0 aromatic carbocycles. The van der Waals surface area contributed by atoms with Gasteiger partial charge in [-0.05, 0) is 34.1 Å². The van der Waals surface area contributed by atoms with Crippen molar-refractivity contribution in [2.24, 2.45) is 0 Å². The molecule has 0 aliphatic rings. The predicted octanol–water partition coefficient (Wildman–Crippen LogP) is 2.83. The van der Waals surface area contributed by atoms with E-state index in [1.54, 1.807) is 20.8 Å². The molecule has 1 aromatic rings. The van der Waals surface area contributed by atoms with Crippen molar-refractivity contribution in [3.63, 3.8) is 0 Å². The maximum absolute atomic E-state index is 11.8. The third-order valence-electron chi connectivity index (χ3n) is 2.28. The summed E-state index contributed by atoms with van der Waals surface area (Å²) >= 11 is 0. The van der Waals surface area contributed by atoms with Gasteiger partial charge in [0.1, 0.15) is 11.3 Å². The molecule has 122 valence electrons. The standard InChI is InChI=1S/C13H20N4O5/c1-6-7-21-11-14-8(2)9(17(19)20)10(15-11)16-12(18)22-13(3,4)5/h6-7H2,1-5H3,(H,14,15,16,18). The van der Waals surface area contributed by atoms with Crippen molar-refractivity contribution in [2.75, 3.05) is 11.9 Å². The summed E-state index contributed by atoms with van der Waals surface area (Å²) in [7, 11) is 0. The van der Waals surface area contributed by atoms with Crippen molar-refractivity contribution >= 4 is 17.6 Å². The minimum atomic E-state index is -0.838. The van der Waals surface area contributed by atoms with Crippen molar-refractivity contribution in [1.29, 1.82) is 0 Å². The molecule has 0 saturated heterocycles. The van der Waals surface area contributed by atoms with E-state index in [4.69, 9.17) is 9.47 Å². The Hall–Kier alpha value is -2.45. The maximum atomic E-state index is 11.8. The predicted molar refractivity (Wildman–Crippen MR) is 79.1 cm³/mol. The number of hydrogen-bond acceptors (Lipinski definition) is 7. The maximum Gasteiger partial charge on any atom is 0.413 e. The van der Waals surface area contributed by atoms with Crippen LogP contribution in [0, 0.1) is 17.0 Å². The molecule has 1 N–H and O–H groups in total. The number of amides is 1. The van der Waals surface area contributed by atoms with Crippen molar-refractivity contribution in [3.05, 3.63) is 15.8 Å². The van der Waals surface area contributed by atoms with Crippen LogP contribution in [-0.2, 0) is 4.74 Å². The third kappa shape index (κ3) is 5.15. The fraction of sp³-hybridized carbons (Fsp3) is 0.615. The number of nitrogens with one attached hydrogen (secondary N) is 1. The van der Waals surface area contributed by atoms with E-state index >= 15 is 0 Å². The Morgan fingerprint density at radius 2 is 2.00 bits per heavy atom.